The highest BCUT2D eigenvalue weighted by Crippen LogP contribution is 2.12. The number of rotatable bonds is 2. The predicted octanol–water partition coefficient (Wildman–Crippen LogP) is -2.57. The lowest BCUT2D eigenvalue weighted by atomic mass is 10.1. The molecule has 1 aliphatic heterocycles. The Morgan fingerprint density at radius 2 is 2.12 bits per heavy atom. The molecule has 0 bridgehead atoms. The molecule has 1 heterocycles. The van der Waals surface area contributed by atoms with Gasteiger partial charge in [0.1, 0.15) is 12.3 Å². The Balaban J connectivity index is 2.31. The average Bonchev–Trinajstić information content (AvgIpc) is 2.23. The largest absolute Gasteiger partial charge is 0.390 e. The molecule has 1 rings (SSSR count). The van der Waals surface area contributed by atoms with Crippen LogP contribution in [0.3, 0.4) is 0 Å². The van der Waals surface area contributed by atoms with Crippen molar-refractivity contribution < 1.29 is 24.5 Å². The molecule has 9 heteroatoms. The predicted molar refractivity (Wildman–Crippen MR) is 55.0 cm³/mol. The quantitative estimate of drug-likeness (QED) is 0.180. The fourth-order valence-electron chi connectivity index (χ4n) is 1.26. The number of carbonyl (C=O) groups excluding carboxylic acids is 2. The molecule has 0 aliphatic carbocycles. The highest BCUT2D eigenvalue weighted by molar-refractivity contribution is 5.98. The maximum atomic E-state index is 11.2. The third kappa shape index (κ3) is 4.34. The second-order valence-electron chi connectivity index (χ2n) is 3.43. The molecule has 0 aromatic rings. The molecule has 0 spiro atoms. The molecular formula is C8H14N4O5. The standard InChI is InChI=1S/C8H14N4O5/c9-7(10-3-13)12-8(16)11-6-1-4(14)5(15)2-17-6/h3-6,14-15H,1-2H2,(H4,9,10,11,12,13,16)/t4-,5+,6-/m0/s1. The molecule has 9 nitrogen and oxygen atoms in total. The zero-order valence-corrected chi connectivity index (χ0v) is 8.84. The minimum Gasteiger partial charge on any atom is -0.390 e. The Bertz CT molecular complexity index is 310. The fourth-order valence-corrected chi connectivity index (χ4v) is 1.26. The second kappa shape index (κ2) is 6.13. The first kappa shape index (κ1) is 13.4. The van der Waals surface area contributed by atoms with Crippen LogP contribution in [0.5, 0.6) is 0 Å². The zero-order valence-electron chi connectivity index (χ0n) is 8.84. The zero-order chi connectivity index (χ0) is 12.8. The molecule has 1 fully saturated rings. The van der Waals surface area contributed by atoms with E-state index in [1.165, 1.54) is 0 Å². The maximum Gasteiger partial charge on any atom is 0.323 e. The van der Waals surface area contributed by atoms with E-state index < -0.39 is 30.4 Å². The summed E-state index contributed by atoms with van der Waals surface area (Å²) in [6, 6.07) is -0.752. The van der Waals surface area contributed by atoms with Gasteiger partial charge in [-0.1, -0.05) is 0 Å². The Hall–Kier alpha value is -1.71. The molecule has 0 aromatic carbocycles. The van der Waals surface area contributed by atoms with Gasteiger partial charge in [0, 0.05) is 6.42 Å². The van der Waals surface area contributed by atoms with E-state index >= 15 is 0 Å². The van der Waals surface area contributed by atoms with Gasteiger partial charge in [0.2, 0.25) is 12.4 Å². The summed E-state index contributed by atoms with van der Waals surface area (Å²) in [6.07, 6.45) is -2.40. The number of hydrogen-bond donors (Lipinski definition) is 6. The van der Waals surface area contributed by atoms with Gasteiger partial charge < -0.3 is 20.3 Å². The number of aliphatic hydroxyl groups excluding tert-OH is 2. The first-order valence-corrected chi connectivity index (χ1v) is 4.87. The Morgan fingerprint density at radius 3 is 2.71 bits per heavy atom. The Kier molecular flexibility index (Phi) is 4.82. The first-order chi connectivity index (χ1) is 8.02. The minimum atomic E-state index is -0.971. The number of hydrogen-bond acceptors (Lipinski definition) is 6. The lowest BCUT2D eigenvalue weighted by Crippen LogP contribution is -2.53. The normalized spacial score (nSPS) is 28.0. The van der Waals surface area contributed by atoms with Crippen LogP contribution in [-0.2, 0) is 9.53 Å². The van der Waals surface area contributed by atoms with Gasteiger partial charge >= 0.3 is 6.03 Å². The molecule has 1 saturated heterocycles. The van der Waals surface area contributed by atoms with E-state index in [-0.39, 0.29) is 19.4 Å². The first-order valence-electron chi connectivity index (χ1n) is 4.87. The highest BCUT2D eigenvalue weighted by atomic mass is 16.5. The van der Waals surface area contributed by atoms with Crippen molar-refractivity contribution >= 4 is 18.4 Å². The SMILES string of the molecule is N=C(NC=O)NC(=O)N[C@@H]1C[C@H](O)[C@H](O)CO1. The van der Waals surface area contributed by atoms with Gasteiger partial charge in [-0.05, 0) is 0 Å². The van der Waals surface area contributed by atoms with Crippen LogP contribution >= 0.6 is 0 Å². The van der Waals surface area contributed by atoms with Gasteiger partial charge in [0.05, 0.1) is 12.7 Å². The van der Waals surface area contributed by atoms with Crippen LogP contribution < -0.4 is 16.0 Å². The minimum absolute atomic E-state index is 0.0447. The molecule has 3 atom stereocenters. The van der Waals surface area contributed by atoms with E-state index in [0.717, 1.165) is 0 Å². The summed E-state index contributed by atoms with van der Waals surface area (Å²) in [5, 5.41) is 31.8. The summed E-state index contributed by atoms with van der Waals surface area (Å²) in [5.74, 6) is -0.478. The van der Waals surface area contributed by atoms with Crippen molar-refractivity contribution in [2.24, 2.45) is 0 Å². The van der Waals surface area contributed by atoms with Crippen molar-refractivity contribution in [2.45, 2.75) is 24.9 Å². The van der Waals surface area contributed by atoms with Gasteiger partial charge in [0.25, 0.3) is 0 Å². The topological polar surface area (TPSA) is 144 Å². The summed E-state index contributed by atoms with van der Waals surface area (Å²) in [6.45, 7) is -0.0872. The lowest BCUT2D eigenvalue weighted by Gasteiger charge is -2.30. The summed E-state index contributed by atoms with van der Waals surface area (Å²) in [7, 11) is 0. The van der Waals surface area contributed by atoms with Gasteiger partial charge in [-0.2, -0.15) is 0 Å². The highest BCUT2D eigenvalue weighted by Gasteiger charge is 2.29. The number of guanidine groups is 1. The van der Waals surface area contributed by atoms with Gasteiger partial charge in [0.15, 0.2) is 0 Å². The van der Waals surface area contributed by atoms with E-state index in [2.05, 4.69) is 5.32 Å². The van der Waals surface area contributed by atoms with Crippen LogP contribution in [-0.4, -0.2) is 53.7 Å². The van der Waals surface area contributed by atoms with Crippen LogP contribution in [0.25, 0.3) is 0 Å². The van der Waals surface area contributed by atoms with Crippen molar-refractivity contribution in [1.29, 1.82) is 5.41 Å². The van der Waals surface area contributed by atoms with Crippen molar-refractivity contribution in [3.63, 3.8) is 0 Å². The smallest absolute Gasteiger partial charge is 0.323 e. The van der Waals surface area contributed by atoms with E-state index in [1.54, 1.807) is 0 Å². The van der Waals surface area contributed by atoms with Crippen LogP contribution in [0.15, 0.2) is 0 Å². The van der Waals surface area contributed by atoms with Crippen LogP contribution in [0.2, 0.25) is 0 Å². The van der Waals surface area contributed by atoms with Gasteiger partial charge in [-0.25, -0.2) is 4.79 Å². The fraction of sp³-hybridized carbons (Fsp3) is 0.625. The van der Waals surface area contributed by atoms with Gasteiger partial charge in [-0.15, -0.1) is 0 Å². The van der Waals surface area contributed by atoms with Crippen LogP contribution in [0, 0.1) is 5.41 Å². The van der Waals surface area contributed by atoms with Crippen LogP contribution in [0.4, 0.5) is 4.79 Å². The van der Waals surface area contributed by atoms with E-state index in [1.807, 2.05) is 10.6 Å². The number of nitrogens with one attached hydrogen (secondary N) is 4. The maximum absolute atomic E-state index is 11.2. The van der Waals surface area contributed by atoms with Crippen LogP contribution in [0.1, 0.15) is 6.42 Å². The molecule has 0 aromatic heterocycles. The third-order valence-corrected chi connectivity index (χ3v) is 2.10. The molecule has 96 valence electrons. The molecule has 0 radical (unpaired) electrons. The van der Waals surface area contributed by atoms with E-state index in [0.29, 0.717) is 0 Å². The third-order valence-electron chi connectivity index (χ3n) is 2.10. The average molecular weight is 246 g/mol. The Morgan fingerprint density at radius 1 is 1.41 bits per heavy atom. The molecule has 0 unspecified atom stereocenters. The lowest BCUT2D eigenvalue weighted by molar-refractivity contribution is -0.125. The number of ether oxygens (including phenoxy) is 1. The molecular weight excluding hydrogens is 232 g/mol. The van der Waals surface area contributed by atoms with E-state index in [4.69, 9.17) is 15.3 Å². The van der Waals surface area contributed by atoms with Gasteiger partial charge in [-0.3, -0.25) is 20.8 Å². The van der Waals surface area contributed by atoms with E-state index in [9.17, 15) is 14.7 Å². The summed E-state index contributed by atoms with van der Waals surface area (Å²) >= 11 is 0. The molecule has 3 amide bonds. The molecule has 6 N–H and O–H groups in total. The number of carbonyl (C=O) groups is 2. The number of aliphatic hydroxyl groups is 2. The molecule has 17 heavy (non-hydrogen) atoms. The summed E-state index contributed by atoms with van der Waals surface area (Å²) in [4.78, 5) is 21.2. The molecule has 0 saturated carbocycles. The Labute approximate surface area is 96.6 Å². The number of amides is 3. The second-order valence-corrected chi connectivity index (χ2v) is 3.43. The number of urea groups is 1. The summed E-state index contributed by atoms with van der Waals surface area (Å²) in [5.41, 5.74) is 0. The summed E-state index contributed by atoms with van der Waals surface area (Å²) < 4.78 is 5.03. The van der Waals surface area contributed by atoms with Crippen molar-refractivity contribution in [3.05, 3.63) is 0 Å². The van der Waals surface area contributed by atoms with Crippen molar-refractivity contribution in [1.82, 2.24) is 16.0 Å². The van der Waals surface area contributed by atoms with Crippen molar-refractivity contribution in [3.8, 4) is 0 Å². The monoisotopic (exact) mass is 246 g/mol. The molecule has 1 aliphatic rings. The van der Waals surface area contributed by atoms with Crippen molar-refractivity contribution in [2.75, 3.05) is 6.61 Å².